The van der Waals surface area contributed by atoms with Crippen LogP contribution in [0.3, 0.4) is 0 Å². The Morgan fingerprint density at radius 2 is 2.03 bits per heavy atom. The quantitative estimate of drug-likeness (QED) is 0.470. The van der Waals surface area contributed by atoms with Gasteiger partial charge in [0.25, 0.3) is 0 Å². The van der Waals surface area contributed by atoms with E-state index < -0.39 is 0 Å². The molecule has 204 valence electrons. The fourth-order valence-electron chi connectivity index (χ4n) is 6.21. The molecule has 0 bridgehead atoms. The van der Waals surface area contributed by atoms with Crippen molar-refractivity contribution in [2.24, 2.45) is 0 Å². The number of nitrogens with zero attached hydrogens (tertiary/aromatic N) is 6. The summed E-state index contributed by atoms with van der Waals surface area (Å²) < 4.78 is 18.4. The van der Waals surface area contributed by atoms with Gasteiger partial charge in [0.15, 0.2) is 11.6 Å². The lowest BCUT2D eigenvalue weighted by Gasteiger charge is -2.28. The lowest BCUT2D eigenvalue weighted by Crippen LogP contribution is -2.32. The third kappa shape index (κ3) is 4.44. The second-order valence-electron chi connectivity index (χ2n) is 10.8. The van der Waals surface area contributed by atoms with Crippen molar-refractivity contribution in [3.8, 4) is 29.2 Å². The second kappa shape index (κ2) is 10.4. The van der Waals surface area contributed by atoms with Crippen molar-refractivity contribution < 1.29 is 14.0 Å². The van der Waals surface area contributed by atoms with Crippen molar-refractivity contribution in [1.29, 1.82) is 5.26 Å². The van der Waals surface area contributed by atoms with Crippen LogP contribution in [0.1, 0.15) is 66.5 Å². The molecule has 3 aromatic rings. The van der Waals surface area contributed by atoms with Gasteiger partial charge >= 0.3 is 6.01 Å². The molecule has 2 N–H and O–H groups in total. The van der Waals surface area contributed by atoms with Crippen LogP contribution < -0.4 is 20.1 Å². The van der Waals surface area contributed by atoms with Gasteiger partial charge in [0, 0.05) is 30.3 Å². The number of nitrogen functional groups attached to an aromatic ring is 1. The fourth-order valence-corrected chi connectivity index (χ4v) is 6.21. The highest BCUT2D eigenvalue weighted by Gasteiger charge is 2.36. The number of aryl methyl sites for hydroxylation is 1. The lowest BCUT2D eigenvalue weighted by molar-refractivity contribution is 0.187. The van der Waals surface area contributed by atoms with Crippen molar-refractivity contribution in [3.05, 3.63) is 40.1 Å². The van der Waals surface area contributed by atoms with Crippen molar-refractivity contribution in [2.75, 3.05) is 51.0 Å². The van der Waals surface area contributed by atoms with Crippen molar-refractivity contribution in [2.45, 2.75) is 57.4 Å². The highest BCUT2D eigenvalue weighted by atomic mass is 16.5. The van der Waals surface area contributed by atoms with Crippen LogP contribution in [0.5, 0.6) is 11.8 Å². The lowest BCUT2D eigenvalue weighted by atomic mass is 9.78. The van der Waals surface area contributed by atoms with Crippen LogP contribution in [-0.2, 0) is 12.8 Å². The van der Waals surface area contributed by atoms with Crippen LogP contribution in [0.2, 0.25) is 0 Å². The summed E-state index contributed by atoms with van der Waals surface area (Å²) in [6.07, 6.45) is 5.66. The van der Waals surface area contributed by atoms with E-state index in [1.807, 2.05) is 19.2 Å². The van der Waals surface area contributed by atoms with Crippen LogP contribution in [-0.4, -0.2) is 66.5 Å². The van der Waals surface area contributed by atoms with Crippen LogP contribution in [0, 0.1) is 11.3 Å². The first-order valence-corrected chi connectivity index (χ1v) is 13.9. The van der Waals surface area contributed by atoms with E-state index in [2.05, 4.69) is 35.0 Å². The molecule has 2 unspecified atom stereocenters. The average Bonchev–Trinajstić information content (AvgIpc) is 3.57. The molecule has 10 heteroatoms. The molecule has 10 nitrogen and oxygen atoms in total. The Morgan fingerprint density at radius 3 is 2.79 bits per heavy atom. The molecule has 4 heterocycles. The van der Waals surface area contributed by atoms with Crippen molar-refractivity contribution >= 4 is 11.5 Å². The molecule has 0 spiro atoms. The zero-order valence-electron chi connectivity index (χ0n) is 22.9. The van der Waals surface area contributed by atoms with E-state index >= 15 is 0 Å². The normalized spacial score (nSPS) is 20.7. The predicted molar refractivity (Wildman–Crippen MR) is 147 cm³/mol. The first kappa shape index (κ1) is 25.4. The maximum Gasteiger partial charge on any atom is 0.319 e. The average molecular weight is 530 g/mol. The van der Waals surface area contributed by atoms with E-state index in [0.717, 1.165) is 67.6 Å². The van der Waals surface area contributed by atoms with Gasteiger partial charge in [0.1, 0.15) is 36.4 Å². The second-order valence-corrected chi connectivity index (χ2v) is 10.8. The monoisotopic (exact) mass is 529 g/mol. The summed E-state index contributed by atoms with van der Waals surface area (Å²) in [7, 11) is 4.12. The molecule has 2 aromatic heterocycles. The predicted octanol–water partition coefficient (Wildman–Crippen LogP) is 3.92. The van der Waals surface area contributed by atoms with Gasteiger partial charge in [-0.3, -0.25) is 0 Å². The highest BCUT2D eigenvalue weighted by Crippen LogP contribution is 2.46. The van der Waals surface area contributed by atoms with Gasteiger partial charge in [-0.2, -0.15) is 15.2 Å². The van der Waals surface area contributed by atoms with Crippen LogP contribution in [0.4, 0.5) is 11.5 Å². The molecule has 0 saturated carbocycles. The molecular weight excluding hydrogens is 494 g/mol. The molecule has 1 saturated heterocycles. The number of anilines is 2. The van der Waals surface area contributed by atoms with Gasteiger partial charge < -0.3 is 29.5 Å². The molecule has 0 amide bonds. The van der Waals surface area contributed by atoms with E-state index in [9.17, 15) is 5.26 Å². The molecule has 2 atom stereocenters. The Bertz CT molecular complexity index is 1430. The first-order chi connectivity index (χ1) is 19.0. The van der Waals surface area contributed by atoms with Gasteiger partial charge in [-0.1, -0.05) is 18.1 Å². The minimum atomic E-state index is -0.0991. The summed E-state index contributed by atoms with van der Waals surface area (Å²) in [6.45, 7) is 4.96. The van der Waals surface area contributed by atoms with E-state index in [1.54, 1.807) is 0 Å². The highest BCUT2D eigenvalue weighted by molar-refractivity contribution is 5.75. The molecular formula is C29H35N7O3. The number of nitrogens with two attached hydrogens (primary N) is 1. The molecule has 1 fully saturated rings. The van der Waals surface area contributed by atoms with Gasteiger partial charge in [-0.15, -0.1) is 0 Å². The van der Waals surface area contributed by atoms with Crippen LogP contribution >= 0.6 is 0 Å². The summed E-state index contributed by atoms with van der Waals surface area (Å²) in [4.78, 5) is 13.9. The summed E-state index contributed by atoms with van der Waals surface area (Å²) in [5, 5.41) is 14.5. The number of likely N-dealkylation sites (tertiary alicyclic amines) is 1. The summed E-state index contributed by atoms with van der Waals surface area (Å²) in [6, 6.07) is 6.86. The molecule has 1 aromatic carbocycles. The SMILES string of the molecule is CCc1ccc(N)c(C#N)c1C1CCCc2c(-c3nc(OCC4CCCN4C)nc4c3OCCN4C)noc21. The number of aromatic nitrogens is 3. The summed E-state index contributed by atoms with van der Waals surface area (Å²) in [5.41, 5.74) is 11.6. The zero-order chi connectivity index (χ0) is 27.1. The van der Waals surface area contributed by atoms with Gasteiger partial charge in [0.2, 0.25) is 0 Å². The van der Waals surface area contributed by atoms with Crippen molar-refractivity contribution in [3.63, 3.8) is 0 Å². The van der Waals surface area contributed by atoms with E-state index in [0.29, 0.717) is 59.5 Å². The number of benzene rings is 1. The fraction of sp³-hybridized carbons (Fsp3) is 0.517. The number of rotatable bonds is 6. The maximum atomic E-state index is 9.98. The first-order valence-electron chi connectivity index (χ1n) is 13.9. The smallest absolute Gasteiger partial charge is 0.319 e. The number of nitriles is 1. The third-order valence-corrected chi connectivity index (χ3v) is 8.43. The Hall–Kier alpha value is -3.84. The molecule has 1 aliphatic carbocycles. The molecule has 39 heavy (non-hydrogen) atoms. The minimum Gasteiger partial charge on any atom is -0.486 e. The van der Waals surface area contributed by atoms with E-state index in [-0.39, 0.29) is 5.92 Å². The Labute approximate surface area is 228 Å². The zero-order valence-corrected chi connectivity index (χ0v) is 22.9. The molecule has 0 radical (unpaired) electrons. The maximum absolute atomic E-state index is 9.98. The molecule has 3 aliphatic rings. The van der Waals surface area contributed by atoms with Crippen molar-refractivity contribution in [1.82, 2.24) is 20.0 Å². The van der Waals surface area contributed by atoms with Crippen LogP contribution in [0.15, 0.2) is 16.7 Å². The Balaban J connectivity index is 1.43. The van der Waals surface area contributed by atoms with Crippen LogP contribution in [0.25, 0.3) is 11.4 Å². The Kier molecular flexibility index (Phi) is 6.77. The molecule has 2 aliphatic heterocycles. The number of likely N-dealkylation sites (N-methyl/N-ethyl adjacent to an activating group) is 2. The van der Waals surface area contributed by atoms with E-state index in [4.69, 9.17) is 29.7 Å². The van der Waals surface area contributed by atoms with Gasteiger partial charge in [-0.25, -0.2) is 0 Å². The third-order valence-electron chi connectivity index (χ3n) is 8.43. The van der Waals surface area contributed by atoms with E-state index in [1.165, 1.54) is 6.42 Å². The standard InChI is InChI=1S/C29H35N7O3/c1-4-17-10-11-22(31)21(15-30)23(17)19-8-5-9-20-24(34-39-26(19)20)25-27-28(36(3)13-14-37-27)33-29(32-25)38-16-18-7-6-12-35(18)2/h10-11,18-19H,4-9,12-14,16,31H2,1-3H3. The van der Waals surface area contributed by atoms with Gasteiger partial charge in [-0.05, 0) is 69.3 Å². The summed E-state index contributed by atoms with van der Waals surface area (Å²) >= 11 is 0. The number of hydrogen-bond donors (Lipinski definition) is 1. The number of hydrogen-bond acceptors (Lipinski definition) is 10. The minimum absolute atomic E-state index is 0.0991. The number of fused-ring (bicyclic) bond motifs is 2. The number of ether oxygens (including phenoxy) is 2. The molecule has 6 rings (SSSR count). The summed E-state index contributed by atoms with van der Waals surface area (Å²) in [5.74, 6) is 1.97. The Morgan fingerprint density at radius 1 is 1.15 bits per heavy atom. The van der Waals surface area contributed by atoms with Gasteiger partial charge in [0.05, 0.1) is 12.1 Å². The topological polar surface area (TPSA) is 127 Å². The largest absolute Gasteiger partial charge is 0.486 e.